The summed E-state index contributed by atoms with van der Waals surface area (Å²) in [6.07, 6.45) is 3.65. The van der Waals surface area contributed by atoms with Crippen LogP contribution in [0.25, 0.3) is 0 Å². The number of rotatable bonds is 9. The molecule has 2 aromatic rings. The van der Waals surface area contributed by atoms with E-state index in [2.05, 4.69) is 17.5 Å². The summed E-state index contributed by atoms with van der Waals surface area (Å²) in [5.74, 6) is 2.41. The van der Waals surface area contributed by atoms with Crippen molar-refractivity contribution in [1.29, 1.82) is 0 Å². The molecule has 0 atom stereocenters. The van der Waals surface area contributed by atoms with Crippen LogP contribution in [0.1, 0.15) is 25.3 Å². The maximum absolute atomic E-state index is 11.9. The topological polar surface area (TPSA) is 78.4 Å². The third-order valence-electron chi connectivity index (χ3n) is 3.93. The third-order valence-corrected chi connectivity index (χ3v) is 3.93. The van der Waals surface area contributed by atoms with E-state index in [0.29, 0.717) is 37.1 Å². The van der Waals surface area contributed by atoms with Gasteiger partial charge < -0.3 is 18.9 Å². The molecular weight excluding hydrogens is 360 g/mol. The van der Waals surface area contributed by atoms with Gasteiger partial charge in [-0.25, -0.2) is 5.43 Å². The Kier molecular flexibility index (Phi) is 7.12. The van der Waals surface area contributed by atoms with E-state index < -0.39 is 0 Å². The van der Waals surface area contributed by atoms with Gasteiger partial charge in [0, 0.05) is 0 Å². The number of hydrogen-bond acceptors (Lipinski definition) is 6. The molecule has 0 bridgehead atoms. The largest absolute Gasteiger partial charge is 0.494 e. The smallest absolute Gasteiger partial charge is 0.277 e. The van der Waals surface area contributed by atoms with Gasteiger partial charge in [-0.2, -0.15) is 5.10 Å². The minimum absolute atomic E-state index is 0.130. The van der Waals surface area contributed by atoms with Gasteiger partial charge in [0.15, 0.2) is 18.1 Å². The Morgan fingerprint density at radius 2 is 1.79 bits per heavy atom. The molecule has 148 valence electrons. The van der Waals surface area contributed by atoms with Crippen LogP contribution in [0.15, 0.2) is 47.6 Å². The molecule has 28 heavy (non-hydrogen) atoms. The molecule has 0 radical (unpaired) electrons. The summed E-state index contributed by atoms with van der Waals surface area (Å²) in [5.41, 5.74) is 3.23. The summed E-state index contributed by atoms with van der Waals surface area (Å²) in [5, 5.41) is 3.94. The molecule has 1 aliphatic heterocycles. The van der Waals surface area contributed by atoms with Crippen molar-refractivity contribution < 1.29 is 23.7 Å². The summed E-state index contributed by atoms with van der Waals surface area (Å²) >= 11 is 0. The van der Waals surface area contributed by atoms with Crippen LogP contribution in [0.3, 0.4) is 0 Å². The Morgan fingerprint density at radius 3 is 2.54 bits per heavy atom. The molecule has 0 fully saturated rings. The van der Waals surface area contributed by atoms with Crippen LogP contribution in [-0.4, -0.2) is 38.5 Å². The predicted molar refractivity (Wildman–Crippen MR) is 106 cm³/mol. The SMILES string of the molecule is CCCCOc1ccc(OCC(=O)N/N=C\c2ccc3c(c2)OCCO3)cc1. The first kappa shape index (κ1) is 19.5. The second-order valence-electron chi connectivity index (χ2n) is 6.16. The average Bonchev–Trinajstić information content (AvgIpc) is 2.73. The first-order chi connectivity index (χ1) is 13.7. The van der Waals surface area contributed by atoms with Crippen LogP contribution in [0, 0.1) is 0 Å². The number of carbonyl (C=O) groups excluding carboxylic acids is 1. The maximum Gasteiger partial charge on any atom is 0.277 e. The lowest BCUT2D eigenvalue weighted by Gasteiger charge is -2.18. The van der Waals surface area contributed by atoms with E-state index in [-0.39, 0.29) is 12.5 Å². The van der Waals surface area contributed by atoms with Crippen molar-refractivity contribution in [2.75, 3.05) is 26.4 Å². The quantitative estimate of drug-likeness (QED) is 0.408. The molecule has 0 unspecified atom stereocenters. The number of carbonyl (C=O) groups is 1. The van der Waals surface area contributed by atoms with E-state index in [1.165, 1.54) is 0 Å². The van der Waals surface area contributed by atoms with Crippen LogP contribution in [0.5, 0.6) is 23.0 Å². The molecule has 1 N–H and O–H groups in total. The molecule has 7 nitrogen and oxygen atoms in total. The lowest BCUT2D eigenvalue weighted by molar-refractivity contribution is -0.123. The van der Waals surface area contributed by atoms with Gasteiger partial charge >= 0.3 is 0 Å². The minimum Gasteiger partial charge on any atom is -0.494 e. The number of nitrogens with zero attached hydrogens (tertiary/aromatic N) is 1. The van der Waals surface area contributed by atoms with Crippen LogP contribution < -0.4 is 24.4 Å². The van der Waals surface area contributed by atoms with Crippen molar-refractivity contribution in [3.63, 3.8) is 0 Å². The number of nitrogens with one attached hydrogen (secondary N) is 1. The molecule has 3 rings (SSSR count). The van der Waals surface area contributed by atoms with E-state index in [4.69, 9.17) is 18.9 Å². The fourth-order valence-electron chi connectivity index (χ4n) is 2.47. The number of benzene rings is 2. The number of hydrogen-bond donors (Lipinski definition) is 1. The molecule has 1 aliphatic rings. The Bertz CT molecular complexity index is 805. The van der Waals surface area contributed by atoms with Crippen molar-refractivity contribution in [1.82, 2.24) is 5.43 Å². The monoisotopic (exact) mass is 384 g/mol. The normalized spacial score (nSPS) is 12.6. The van der Waals surface area contributed by atoms with Crippen LogP contribution >= 0.6 is 0 Å². The second kappa shape index (κ2) is 10.2. The molecule has 7 heteroatoms. The molecule has 0 aromatic heterocycles. The van der Waals surface area contributed by atoms with E-state index >= 15 is 0 Å². The first-order valence-electron chi connectivity index (χ1n) is 9.32. The summed E-state index contributed by atoms with van der Waals surface area (Å²) in [4.78, 5) is 11.9. The molecule has 2 aromatic carbocycles. The van der Waals surface area contributed by atoms with Gasteiger partial charge in [-0.15, -0.1) is 0 Å². The lowest BCUT2D eigenvalue weighted by Crippen LogP contribution is -2.24. The standard InChI is InChI=1S/C21H24N2O5/c1-2-3-10-25-17-5-7-18(8-6-17)28-15-21(24)23-22-14-16-4-9-19-20(13-16)27-12-11-26-19/h4-9,13-14H,2-3,10-12,15H2,1H3,(H,23,24)/b22-14-. The zero-order chi connectivity index (χ0) is 19.6. The highest BCUT2D eigenvalue weighted by Crippen LogP contribution is 2.30. The van der Waals surface area contributed by atoms with Crippen molar-refractivity contribution >= 4 is 12.1 Å². The maximum atomic E-state index is 11.9. The molecule has 0 saturated heterocycles. The number of amides is 1. The minimum atomic E-state index is -0.350. The van der Waals surface area contributed by atoms with Gasteiger partial charge in [0.1, 0.15) is 24.7 Å². The fraction of sp³-hybridized carbons (Fsp3) is 0.333. The van der Waals surface area contributed by atoms with Crippen molar-refractivity contribution in [3.8, 4) is 23.0 Å². The van der Waals surface area contributed by atoms with Gasteiger partial charge in [0.25, 0.3) is 5.91 Å². The Morgan fingerprint density at radius 1 is 1.07 bits per heavy atom. The van der Waals surface area contributed by atoms with Gasteiger partial charge in [0.2, 0.25) is 0 Å². The van der Waals surface area contributed by atoms with Gasteiger partial charge in [0.05, 0.1) is 12.8 Å². The Hall–Kier alpha value is -3.22. The predicted octanol–water partition coefficient (Wildman–Crippen LogP) is 3.17. The Balaban J connectivity index is 1.41. The summed E-state index contributed by atoms with van der Waals surface area (Å²) in [6, 6.07) is 12.6. The Labute approximate surface area is 164 Å². The molecule has 1 heterocycles. The van der Waals surface area contributed by atoms with E-state index in [1.54, 1.807) is 18.3 Å². The van der Waals surface area contributed by atoms with E-state index in [0.717, 1.165) is 24.2 Å². The number of unbranched alkanes of at least 4 members (excludes halogenated alkanes) is 1. The van der Waals surface area contributed by atoms with E-state index in [9.17, 15) is 4.79 Å². The van der Waals surface area contributed by atoms with Crippen molar-refractivity contribution in [2.45, 2.75) is 19.8 Å². The van der Waals surface area contributed by atoms with Gasteiger partial charge in [-0.3, -0.25) is 4.79 Å². The molecule has 0 spiro atoms. The van der Waals surface area contributed by atoms with Crippen molar-refractivity contribution in [2.24, 2.45) is 5.10 Å². The molecular formula is C21H24N2O5. The zero-order valence-electron chi connectivity index (χ0n) is 15.8. The van der Waals surface area contributed by atoms with Gasteiger partial charge in [-0.05, 0) is 54.4 Å². The fourth-order valence-corrected chi connectivity index (χ4v) is 2.47. The zero-order valence-corrected chi connectivity index (χ0v) is 15.8. The highest BCUT2D eigenvalue weighted by molar-refractivity contribution is 5.83. The number of ether oxygens (including phenoxy) is 4. The number of fused-ring (bicyclic) bond motifs is 1. The molecule has 1 amide bonds. The number of hydrazone groups is 1. The van der Waals surface area contributed by atoms with Gasteiger partial charge in [-0.1, -0.05) is 13.3 Å². The highest BCUT2D eigenvalue weighted by atomic mass is 16.6. The lowest BCUT2D eigenvalue weighted by atomic mass is 10.2. The summed E-state index contributed by atoms with van der Waals surface area (Å²) < 4.78 is 22.0. The van der Waals surface area contributed by atoms with Crippen LogP contribution in [-0.2, 0) is 4.79 Å². The third kappa shape index (κ3) is 5.90. The summed E-state index contributed by atoms with van der Waals surface area (Å²) in [6.45, 7) is 3.75. The molecule has 0 aliphatic carbocycles. The first-order valence-corrected chi connectivity index (χ1v) is 9.32. The van der Waals surface area contributed by atoms with Crippen LogP contribution in [0.4, 0.5) is 0 Å². The van der Waals surface area contributed by atoms with Crippen molar-refractivity contribution in [3.05, 3.63) is 48.0 Å². The average molecular weight is 384 g/mol. The molecule has 0 saturated carbocycles. The second-order valence-corrected chi connectivity index (χ2v) is 6.16. The van der Waals surface area contributed by atoms with Crippen LogP contribution in [0.2, 0.25) is 0 Å². The summed E-state index contributed by atoms with van der Waals surface area (Å²) in [7, 11) is 0. The highest BCUT2D eigenvalue weighted by Gasteiger charge is 2.11. The van der Waals surface area contributed by atoms with E-state index in [1.807, 2.05) is 30.3 Å².